The van der Waals surface area contributed by atoms with Crippen molar-refractivity contribution in [3.63, 3.8) is 0 Å². The second kappa shape index (κ2) is 9.85. The minimum atomic E-state index is -0.421. The average Bonchev–Trinajstić information content (AvgIpc) is 2.89. The molecule has 0 spiro atoms. The third-order valence-electron chi connectivity index (χ3n) is 4.61. The van der Waals surface area contributed by atoms with Crippen LogP contribution in [-0.4, -0.2) is 55.6 Å². The lowest BCUT2D eigenvalue weighted by atomic mass is 9.98. The average molecular weight is 397 g/mol. The van der Waals surface area contributed by atoms with E-state index in [1.165, 1.54) is 11.3 Å². The summed E-state index contributed by atoms with van der Waals surface area (Å²) in [5.74, 6) is -1.01. The number of thiophene rings is 1. The van der Waals surface area contributed by atoms with Crippen LogP contribution in [0.25, 0.3) is 0 Å². The number of rotatable bonds is 7. The van der Waals surface area contributed by atoms with Crippen molar-refractivity contribution in [2.24, 2.45) is 5.92 Å². The highest BCUT2D eigenvalue weighted by atomic mass is 32.1. The van der Waals surface area contributed by atoms with Crippen molar-refractivity contribution >= 4 is 34.2 Å². The number of piperidine rings is 1. The first-order valence-corrected chi connectivity index (χ1v) is 10.1. The van der Waals surface area contributed by atoms with Crippen LogP contribution in [-0.2, 0) is 19.1 Å². The minimum Gasteiger partial charge on any atom is -0.466 e. The monoisotopic (exact) mass is 396 g/mol. The molecule has 150 valence electrons. The van der Waals surface area contributed by atoms with Crippen LogP contribution in [0.2, 0.25) is 0 Å². The van der Waals surface area contributed by atoms with Gasteiger partial charge in [0, 0.05) is 11.4 Å². The third-order valence-corrected chi connectivity index (χ3v) is 5.73. The van der Waals surface area contributed by atoms with E-state index < -0.39 is 5.97 Å². The highest BCUT2D eigenvalue weighted by molar-refractivity contribution is 7.16. The van der Waals surface area contributed by atoms with Crippen LogP contribution in [0.1, 0.15) is 47.5 Å². The Labute approximate surface area is 164 Å². The topological polar surface area (TPSA) is 84.9 Å². The SMILES string of the molecule is CCOC(=O)c1c(NC(=O)CN2CCCC(C(=O)OCC)C2)sc(C)c1C. The Morgan fingerprint density at radius 2 is 1.89 bits per heavy atom. The lowest BCUT2D eigenvalue weighted by Gasteiger charge is -2.30. The van der Waals surface area contributed by atoms with Gasteiger partial charge in [-0.15, -0.1) is 11.3 Å². The number of carbonyl (C=O) groups excluding carboxylic acids is 3. The first kappa shape index (κ1) is 21.4. The molecule has 0 aliphatic carbocycles. The number of hydrogen-bond donors (Lipinski definition) is 1. The number of anilines is 1. The minimum absolute atomic E-state index is 0.175. The lowest BCUT2D eigenvalue weighted by Crippen LogP contribution is -2.43. The molecular formula is C19H28N2O5S. The molecule has 1 saturated heterocycles. The molecule has 2 heterocycles. The second-order valence-electron chi connectivity index (χ2n) is 6.58. The Bertz CT molecular complexity index is 701. The summed E-state index contributed by atoms with van der Waals surface area (Å²) in [7, 11) is 0. The molecule has 1 unspecified atom stereocenters. The summed E-state index contributed by atoms with van der Waals surface area (Å²) in [5.41, 5.74) is 1.25. The van der Waals surface area contributed by atoms with Gasteiger partial charge in [-0.2, -0.15) is 0 Å². The molecule has 1 aromatic rings. The fourth-order valence-electron chi connectivity index (χ4n) is 3.18. The summed E-state index contributed by atoms with van der Waals surface area (Å²) in [6.07, 6.45) is 1.63. The van der Waals surface area contributed by atoms with E-state index in [4.69, 9.17) is 9.47 Å². The van der Waals surface area contributed by atoms with Crippen molar-refractivity contribution in [2.75, 3.05) is 38.2 Å². The molecule has 0 saturated carbocycles. The number of nitrogens with one attached hydrogen (secondary N) is 1. The highest BCUT2D eigenvalue weighted by Gasteiger charge is 2.28. The van der Waals surface area contributed by atoms with Crippen LogP contribution in [0.4, 0.5) is 5.00 Å². The summed E-state index contributed by atoms with van der Waals surface area (Å²) in [6, 6.07) is 0. The molecule has 1 atom stereocenters. The molecule has 0 aromatic carbocycles. The smallest absolute Gasteiger partial charge is 0.341 e. The summed E-state index contributed by atoms with van der Waals surface area (Å²) in [5, 5.41) is 3.37. The first-order chi connectivity index (χ1) is 12.9. The van der Waals surface area contributed by atoms with E-state index in [1.54, 1.807) is 13.8 Å². The largest absolute Gasteiger partial charge is 0.466 e. The number of esters is 2. The van der Waals surface area contributed by atoms with Crippen LogP contribution in [0.3, 0.4) is 0 Å². The Morgan fingerprint density at radius 1 is 1.19 bits per heavy atom. The summed E-state index contributed by atoms with van der Waals surface area (Å²) in [4.78, 5) is 39.6. The maximum atomic E-state index is 12.5. The first-order valence-electron chi connectivity index (χ1n) is 9.33. The molecule has 1 N–H and O–H groups in total. The molecule has 1 amide bonds. The molecule has 1 fully saturated rings. The molecule has 0 bridgehead atoms. The molecule has 1 aliphatic rings. The van der Waals surface area contributed by atoms with Gasteiger partial charge in [-0.05, 0) is 52.6 Å². The van der Waals surface area contributed by atoms with Crippen molar-refractivity contribution < 1.29 is 23.9 Å². The predicted octanol–water partition coefficient (Wildman–Crippen LogP) is 2.76. The number of likely N-dealkylation sites (tertiary alicyclic amines) is 1. The Hall–Kier alpha value is -1.93. The number of nitrogens with zero attached hydrogens (tertiary/aromatic N) is 1. The Balaban J connectivity index is 2.00. The third kappa shape index (κ3) is 5.52. The number of amides is 1. The molecule has 1 aromatic heterocycles. The van der Waals surface area contributed by atoms with E-state index >= 15 is 0 Å². The van der Waals surface area contributed by atoms with Gasteiger partial charge >= 0.3 is 11.9 Å². The zero-order chi connectivity index (χ0) is 20.0. The number of aryl methyl sites for hydroxylation is 1. The number of carbonyl (C=O) groups is 3. The second-order valence-corrected chi connectivity index (χ2v) is 7.81. The van der Waals surface area contributed by atoms with E-state index in [9.17, 15) is 14.4 Å². The quantitative estimate of drug-likeness (QED) is 0.714. The fourth-order valence-corrected chi connectivity index (χ4v) is 4.25. The van der Waals surface area contributed by atoms with Gasteiger partial charge in [0.25, 0.3) is 0 Å². The molecule has 0 radical (unpaired) electrons. The van der Waals surface area contributed by atoms with Gasteiger partial charge in [0.15, 0.2) is 0 Å². The van der Waals surface area contributed by atoms with E-state index in [0.717, 1.165) is 29.8 Å². The van der Waals surface area contributed by atoms with E-state index in [0.29, 0.717) is 23.7 Å². The van der Waals surface area contributed by atoms with Crippen molar-refractivity contribution in [2.45, 2.75) is 40.5 Å². The van der Waals surface area contributed by atoms with E-state index in [2.05, 4.69) is 5.32 Å². The van der Waals surface area contributed by atoms with Gasteiger partial charge in [-0.25, -0.2) is 4.79 Å². The number of ether oxygens (including phenoxy) is 2. The van der Waals surface area contributed by atoms with Crippen LogP contribution in [0, 0.1) is 19.8 Å². The maximum Gasteiger partial charge on any atom is 0.341 e. The summed E-state index contributed by atoms with van der Waals surface area (Å²) in [6.45, 7) is 9.39. The molecule has 8 heteroatoms. The molecule has 27 heavy (non-hydrogen) atoms. The highest BCUT2D eigenvalue weighted by Crippen LogP contribution is 2.33. The van der Waals surface area contributed by atoms with Gasteiger partial charge in [-0.3, -0.25) is 14.5 Å². The summed E-state index contributed by atoms with van der Waals surface area (Å²) >= 11 is 1.37. The predicted molar refractivity (Wildman–Crippen MR) is 104 cm³/mol. The van der Waals surface area contributed by atoms with Gasteiger partial charge < -0.3 is 14.8 Å². The summed E-state index contributed by atoms with van der Waals surface area (Å²) < 4.78 is 10.2. The van der Waals surface area contributed by atoms with E-state index in [1.807, 2.05) is 18.7 Å². The van der Waals surface area contributed by atoms with Gasteiger partial charge in [0.2, 0.25) is 5.91 Å². The van der Waals surface area contributed by atoms with Gasteiger partial charge in [-0.1, -0.05) is 0 Å². The lowest BCUT2D eigenvalue weighted by molar-refractivity contribution is -0.150. The maximum absolute atomic E-state index is 12.5. The zero-order valence-electron chi connectivity index (χ0n) is 16.4. The zero-order valence-corrected chi connectivity index (χ0v) is 17.2. The van der Waals surface area contributed by atoms with Crippen molar-refractivity contribution in [1.29, 1.82) is 0 Å². The van der Waals surface area contributed by atoms with Crippen molar-refractivity contribution in [1.82, 2.24) is 4.90 Å². The van der Waals surface area contributed by atoms with Crippen LogP contribution < -0.4 is 5.32 Å². The van der Waals surface area contributed by atoms with Crippen LogP contribution in [0.5, 0.6) is 0 Å². The molecular weight excluding hydrogens is 368 g/mol. The van der Waals surface area contributed by atoms with Crippen LogP contribution in [0.15, 0.2) is 0 Å². The van der Waals surface area contributed by atoms with Crippen molar-refractivity contribution in [3.05, 3.63) is 16.0 Å². The van der Waals surface area contributed by atoms with Crippen LogP contribution >= 0.6 is 11.3 Å². The Kier molecular flexibility index (Phi) is 7.79. The van der Waals surface area contributed by atoms with E-state index in [-0.39, 0.29) is 30.9 Å². The normalized spacial score (nSPS) is 17.4. The van der Waals surface area contributed by atoms with Crippen molar-refractivity contribution in [3.8, 4) is 0 Å². The van der Waals surface area contributed by atoms with Gasteiger partial charge in [0.05, 0.1) is 31.2 Å². The fraction of sp³-hybridized carbons (Fsp3) is 0.632. The van der Waals surface area contributed by atoms with Gasteiger partial charge in [0.1, 0.15) is 5.00 Å². The number of hydrogen-bond acceptors (Lipinski definition) is 7. The molecule has 7 nitrogen and oxygen atoms in total. The molecule has 2 rings (SSSR count). The Morgan fingerprint density at radius 3 is 2.56 bits per heavy atom. The standard InChI is InChI=1S/C19H28N2O5S/c1-5-25-18(23)14-8-7-9-21(10-14)11-15(22)20-17-16(19(24)26-6-2)12(3)13(4)27-17/h14H,5-11H2,1-4H3,(H,20,22). The molecule has 1 aliphatic heterocycles.